The van der Waals surface area contributed by atoms with E-state index in [9.17, 15) is 0 Å². The number of hydrogen-bond donors (Lipinski definition) is 1. The molecule has 2 rings (SSSR count). The van der Waals surface area contributed by atoms with Gasteiger partial charge in [0.1, 0.15) is 5.75 Å². The number of thioether (sulfide) groups is 1. The molecule has 1 atom stereocenters. The van der Waals surface area contributed by atoms with Crippen molar-refractivity contribution in [1.82, 2.24) is 5.32 Å². The van der Waals surface area contributed by atoms with E-state index in [0.717, 1.165) is 44.8 Å². The summed E-state index contributed by atoms with van der Waals surface area (Å²) in [5, 5.41) is 4.24. The van der Waals surface area contributed by atoms with E-state index in [1.807, 2.05) is 11.8 Å². The zero-order chi connectivity index (χ0) is 15.1. The zero-order valence-electron chi connectivity index (χ0n) is 13.4. The molecule has 0 bridgehead atoms. The molecule has 118 valence electrons. The van der Waals surface area contributed by atoms with E-state index in [4.69, 9.17) is 9.47 Å². The fourth-order valence-corrected chi connectivity index (χ4v) is 4.02. The van der Waals surface area contributed by atoms with Crippen LogP contribution in [-0.4, -0.2) is 32.1 Å². The monoisotopic (exact) mass is 309 g/mol. The van der Waals surface area contributed by atoms with E-state index >= 15 is 0 Å². The van der Waals surface area contributed by atoms with Crippen LogP contribution in [0.1, 0.15) is 44.7 Å². The molecule has 4 heteroatoms. The fraction of sp³-hybridized carbons (Fsp3) is 0.647. The van der Waals surface area contributed by atoms with Crippen molar-refractivity contribution in [3.63, 3.8) is 0 Å². The lowest BCUT2D eigenvalue weighted by Crippen LogP contribution is -2.21. The van der Waals surface area contributed by atoms with Crippen molar-refractivity contribution in [2.75, 3.05) is 26.9 Å². The minimum atomic E-state index is 0.309. The highest BCUT2D eigenvalue weighted by molar-refractivity contribution is 8.00. The van der Waals surface area contributed by atoms with E-state index < -0.39 is 0 Å². The minimum absolute atomic E-state index is 0.309. The van der Waals surface area contributed by atoms with E-state index in [0.29, 0.717) is 11.3 Å². The van der Waals surface area contributed by atoms with Crippen LogP contribution < -0.4 is 10.1 Å². The van der Waals surface area contributed by atoms with Gasteiger partial charge in [-0.1, -0.05) is 13.0 Å². The van der Waals surface area contributed by atoms with Crippen LogP contribution in [0.25, 0.3) is 0 Å². The molecule has 1 aliphatic rings. The highest BCUT2D eigenvalue weighted by Crippen LogP contribution is 2.38. The number of nitrogens with one attached hydrogen (secondary N) is 1. The summed E-state index contributed by atoms with van der Waals surface area (Å²) in [4.78, 5) is 1.34. The Labute approximate surface area is 132 Å². The van der Waals surface area contributed by atoms with Gasteiger partial charge in [-0.05, 0) is 44.9 Å². The molecule has 0 aliphatic carbocycles. The maximum absolute atomic E-state index is 5.60. The number of rotatable bonds is 7. The Morgan fingerprint density at radius 2 is 2.14 bits per heavy atom. The highest BCUT2D eigenvalue weighted by atomic mass is 32.2. The fourth-order valence-electron chi connectivity index (χ4n) is 2.67. The van der Waals surface area contributed by atoms with Crippen molar-refractivity contribution in [2.45, 2.75) is 49.3 Å². The molecule has 0 radical (unpaired) electrons. The third-order valence-electron chi connectivity index (χ3n) is 3.84. The second-order valence-electron chi connectivity index (χ2n) is 5.48. The quantitative estimate of drug-likeness (QED) is 0.824. The van der Waals surface area contributed by atoms with Gasteiger partial charge in [-0.15, -0.1) is 11.8 Å². The summed E-state index contributed by atoms with van der Waals surface area (Å²) in [6.45, 7) is 7.23. The first kappa shape index (κ1) is 16.7. The third-order valence-corrected chi connectivity index (χ3v) is 5.26. The average molecular weight is 309 g/mol. The van der Waals surface area contributed by atoms with Crippen LogP contribution in [0, 0.1) is 0 Å². The van der Waals surface area contributed by atoms with Crippen molar-refractivity contribution in [2.24, 2.45) is 0 Å². The van der Waals surface area contributed by atoms with Crippen LogP contribution >= 0.6 is 11.8 Å². The summed E-state index contributed by atoms with van der Waals surface area (Å²) in [6, 6.07) is 6.69. The minimum Gasteiger partial charge on any atom is -0.496 e. The standard InChI is InChI=1S/C17H27NO2S/c1-4-10-18-13(2)17-15(19-3)6-5-7-16(17)21-14-8-11-20-12-9-14/h5-7,13-14,18H,4,8-12H2,1-3H3. The SMILES string of the molecule is CCCNC(C)c1c(OC)cccc1SC1CCOCC1. The van der Waals surface area contributed by atoms with E-state index in [2.05, 4.69) is 37.4 Å². The van der Waals surface area contributed by atoms with Gasteiger partial charge in [0.15, 0.2) is 0 Å². The Balaban J connectivity index is 2.17. The maximum atomic E-state index is 5.60. The Kier molecular flexibility index (Phi) is 6.87. The number of ether oxygens (including phenoxy) is 2. The molecule has 1 saturated heterocycles. The Morgan fingerprint density at radius 3 is 2.81 bits per heavy atom. The average Bonchev–Trinajstić information content (AvgIpc) is 2.53. The number of hydrogen-bond acceptors (Lipinski definition) is 4. The van der Waals surface area contributed by atoms with Gasteiger partial charge in [-0.2, -0.15) is 0 Å². The largest absolute Gasteiger partial charge is 0.496 e. The summed E-state index contributed by atoms with van der Waals surface area (Å²) in [6.07, 6.45) is 3.41. The van der Waals surface area contributed by atoms with Crippen LogP contribution in [0.2, 0.25) is 0 Å². The molecule has 0 aromatic heterocycles. The topological polar surface area (TPSA) is 30.5 Å². The van der Waals surface area contributed by atoms with Crippen molar-refractivity contribution >= 4 is 11.8 Å². The highest BCUT2D eigenvalue weighted by Gasteiger charge is 2.21. The normalized spacial score (nSPS) is 17.7. The predicted molar refractivity (Wildman–Crippen MR) is 89.4 cm³/mol. The molecule has 1 aromatic carbocycles. The molecule has 0 saturated carbocycles. The Hall–Kier alpha value is -0.710. The van der Waals surface area contributed by atoms with Crippen LogP contribution in [0.4, 0.5) is 0 Å². The third kappa shape index (κ3) is 4.63. The van der Waals surface area contributed by atoms with Crippen molar-refractivity contribution in [1.29, 1.82) is 0 Å². The molecule has 1 unspecified atom stereocenters. The molecule has 0 amide bonds. The van der Waals surface area contributed by atoms with Gasteiger partial charge in [0.05, 0.1) is 7.11 Å². The van der Waals surface area contributed by atoms with Gasteiger partial charge < -0.3 is 14.8 Å². The molecule has 1 fully saturated rings. The molecule has 1 aromatic rings. The summed E-state index contributed by atoms with van der Waals surface area (Å²) in [7, 11) is 1.76. The lowest BCUT2D eigenvalue weighted by Gasteiger charge is -2.25. The summed E-state index contributed by atoms with van der Waals surface area (Å²) in [5.41, 5.74) is 1.30. The van der Waals surface area contributed by atoms with Gasteiger partial charge in [0.2, 0.25) is 0 Å². The number of benzene rings is 1. The lowest BCUT2D eigenvalue weighted by molar-refractivity contribution is 0.1000. The molecular formula is C17H27NO2S. The van der Waals surface area contributed by atoms with Gasteiger partial charge in [0.25, 0.3) is 0 Å². The van der Waals surface area contributed by atoms with E-state index in [1.54, 1.807) is 7.11 Å². The smallest absolute Gasteiger partial charge is 0.124 e. The first-order valence-corrected chi connectivity index (χ1v) is 8.79. The molecule has 21 heavy (non-hydrogen) atoms. The van der Waals surface area contributed by atoms with Crippen LogP contribution in [-0.2, 0) is 4.74 Å². The summed E-state index contributed by atoms with van der Waals surface area (Å²) < 4.78 is 11.1. The van der Waals surface area contributed by atoms with E-state index in [1.165, 1.54) is 10.5 Å². The molecule has 3 nitrogen and oxygen atoms in total. The summed E-state index contributed by atoms with van der Waals surface area (Å²) in [5.74, 6) is 0.989. The molecule has 1 heterocycles. The summed E-state index contributed by atoms with van der Waals surface area (Å²) >= 11 is 1.98. The maximum Gasteiger partial charge on any atom is 0.124 e. The van der Waals surface area contributed by atoms with Crippen molar-refractivity contribution in [3.05, 3.63) is 23.8 Å². The first-order chi connectivity index (χ1) is 10.3. The molecule has 0 spiro atoms. The Morgan fingerprint density at radius 1 is 1.38 bits per heavy atom. The molecule has 1 aliphatic heterocycles. The lowest BCUT2D eigenvalue weighted by atomic mass is 10.1. The molecular weight excluding hydrogens is 282 g/mol. The van der Waals surface area contributed by atoms with Gasteiger partial charge in [-0.25, -0.2) is 0 Å². The first-order valence-electron chi connectivity index (χ1n) is 7.91. The number of methoxy groups -OCH3 is 1. The van der Waals surface area contributed by atoms with Crippen LogP contribution in [0.5, 0.6) is 5.75 Å². The zero-order valence-corrected chi connectivity index (χ0v) is 14.2. The van der Waals surface area contributed by atoms with Crippen LogP contribution in [0.3, 0.4) is 0 Å². The second-order valence-corrected chi connectivity index (χ2v) is 6.82. The Bertz CT molecular complexity index is 433. The van der Waals surface area contributed by atoms with Crippen molar-refractivity contribution < 1.29 is 9.47 Å². The van der Waals surface area contributed by atoms with Gasteiger partial charge in [0, 0.05) is 35.0 Å². The predicted octanol–water partition coefficient (Wildman–Crippen LogP) is 4.03. The van der Waals surface area contributed by atoms with Gasteiger partial charge >= 0.3 is 0 Å². The van der Waals surface area contributed by atoms with Gasteiger partial charge in [-0.3, -0.25) is 0 Å². The van der Waals surface area contributed by atoms with Crippen LogP contribution in [0.15, 0.2) is 23.1 Å². The molecule has 1 N–H and O–H groups in total. The van der Waals surface area contributed by atoms with E-state index in [-0.39, 0.29) is 0 Å². The second kappa shape index (κ2) is 8.66. The van der Waals surface area contributed by atoms with Crippen molar-refractivity contribution in [3.8, 4) is 5.75 Å².